The SMILES string of the molecule is CC(C)[C@@H](C)[C@H](O)[C@@H](O)[C@@H](C)[C@H]1CC[C@H]2[C@@H]3CC(=O)[C@H]4C[C@@H](O)[C@@H](O)C[C@]4(C)[C@H]3CC[C@]12C. The van der Waals surface area contributed by atoms with E-state index in [-0.39, 0.29) is 34.4 Å². The van der Waals surface area contributed by atoms with E-state index in [0.29, 0.717) is 48.9 Å². The Morgan fingerprint density at radius 1 is 0.879 bits per heavy atom. The molecule has 0 aliphatic heterocycles. The summed E-state index contributed by atoms with van der Waals surface area (Å²) >= 11 is 0. The van der Waals surface area contributed by atoms with Gasteiger partial charge in [0.2, 0.25) is 0 Å². The molecule has 4 N–H and O–H groups in total. The van der Waals surface area contributed by atoms with Crippen molar-refractivity contribution in [1.29, 1.82) is 0 Å². The highest BCUT2D eigenvalue weighted by Gasteiger charge is 2.63. The minimum Gasteiger partial charge on any atom is -0.390 e. The number of aliphatic hydroxyl groups excluding tert-OH is 4. The van der Waals surface area contributed by atoms with Crippen LogP contribution in [0.25, 0.3) is 0 Å². The average Bonchev–Trinajstić information content (AvgIpc) is 3.10. The van der Waals surface area contributed by atoms with Crippen molar-refractivity contribution in [2.45, 2.75) is 111 Å². The van der Waals surface area contributed by atoms with Crippen LogP contribution in [0.1, 0.15) is 86.5 Å². The van der Waals surface area contributed by atoms with Gasteiger partial charge >= 0.3 is 0 Å². The molecule has 0 saturated heterocycles. The number of aliphatic hydroxyl groups is 4. The molecule has 4 saturated carbocycles. The lowest BCUT2D eigenvalue weighted by atomic mass is 9.44. The van der Waals surface area contributed by atoms with Gasteiger partial charge in [0.25, 0.3) is 0 Å². The van der Waals surface area contributed by atoms with Crippen LogP contribution in [-0.2, 0) is 4.79 Å². The van der Waals surface area contributed by atoms with E-state index in [1.165, 1.54) is 0 Å². The van der Waals surface area contributed by atoms with E-state index < -0.39 is 24.4 Å². The number of rotatable bonds is 5. The molecule has 0 amide bonds. The summed E-state index contributed by atoms with van der Waals surface area (Å²) in [5.74, 6) is 2.05. The van der Waals surface area contributed by atoms with Gasteiger partial charge in [0.1, 0.15) is 5.78 Å². The number of ketones is 1. The van der Waals surface area contributed by atoms with Gasteiger partial charge in [-0.15, -0.1) is 0 Å². The molecule has 33 heavy (non-hydrogen) atoms. The van der Waals surface area contributed by atoms with Gasteiger partial charge in [-0.25, -0.2) is 0 Å². The predicted octanol–water partition coefficient (Wildman–Crippen LogP) is 3.81. The van der Waals surface area contributed by atoms with Crippen molar-refractivity contribution in [3.05, 3.63) is 0 Å². The van der Waals surface area contributed by atoms with Gasteiger partial charge in [-0.05, 0) is 90.8 Å². The van der Waals surface area contributed by atoms with Crippen molar-refractivity contribution in [3.8, 4) is 0 Å². The first-order chi connectivity index (χ1) is 15.3. The minimum absolute atomic E-state index is 0.0158. The molecule has 0 aromatic rings. The Bertz CT molecular complexity index is 738. The van der Waals surface area contributed by atoms with Crippen molar-refractivity contribution >= 4 is 5.78 Å². The molecule has 0 aromatic carbocycles. The van der Waals surface area contributed by atoms with Crippen molar-refractivity contribution in [3.63, 3.8) is 0 Å². The number of hydrogen-bond acceptors (Lipinski definition) is 5. The lowest BCUT2D eigenvalue weighted by Crippen LogP contribution is -2.59. The Hall–Kier alpha value is -0.490. The summed E-state index contributed by atoms with van der Waals surface area (Å²) < 4.78 is 0. The van der Waals surface area contributed by atoms with E-state index in [1.807, 2.05) is 6.92 Å². The van der Waals surface area contributed by atoms with Crippen molar-refractivity contribution in [2.24, 2.45) is 58.2 Å². The molecular weight excluding hydrogens is 416 g/mol. The summed E-state index contributed by atoms with van der Waals surface area (Å²) in [6.07, 6.45) is 2.80. The lowest BCUT2D eigenvalue weighted by Gasteiger charge is -2.61. The third-order valence-corrected chi connectivity index (χ3v) is 11.7. The molecule has 0 bridgehead atoms. The van der Waals surface area contributed by atoms with E-state index in [1.54, 1.807) is 0 Å². The van der Waals surface area contributed by atoms with Crippen LogP contribution in [0, 0.1) is 58.2 Å². The fraction of sp³-hybridized carbons (Fsp3) is 0.964. The Balaban J connectivity index is 1.56. The van der Waals surface area contributed by atoms with Crippen molar-refractivity contribution in [1.82, 2.24) is 0 Å². The first-order valence-electron chi connectivity index (χ1n) is 13.6. The van der Waals surface area contributed by atoms with E-state index in [9.17, 15) is 25.2 Å². The highest BCUT2D eigenvalue weighted by Crippen LogP contribution is 2.67. The van der Waals surface area contributed by atoms with Gasteiger partial charge in [0.15, 0.2) is 0 Å². The van der Waals surface area contributed by atoms with Gasteiger partial charge in [-0.1, -0.05) is 41.5 Å². The molecule has 4 rings (SSSR count). The number of hydrogen-bond donors (Lipinski definition) is 4. The van der Waals surface area contributed by atoms with Crippen molar-refractivity contribution in [2.75, 3.05) is 0 Å². The molecule has 0 spiro atoms. The zero-order chi connectivity index (χ0) is 24.5. The summed E-state index contributed by atoms with van der Waals surface area (Å²) in [6.45, 7) is 12.9. The largest absolute Gasteiger partial charge is 0.390 e. The Morgan fingerprint density at radius 2 is 1.52 bits per heavy atom. The van der Waals surface area contributed by atoms with Crippen LogP contribution >= 0.6 is 0 Å². The average molecular weight is 465 g/mol. The van der Waals surface area contributed by atoms with E-state index in [2.05, 4.69) is 34.6 Å². The summed E-state index contributed by atoms with van der Waals surface area (Å²) in [4.78, 5) is 13.3. The van der Waals surface area contributed by atoms with E-state index in [4.69, 9.17) is 0 Å². The topological polar surface area (TPSA) is 98.0 Å². The third-order valence-electron chi connectivity index (χ3n) is 11.7. The van der Waals surface area contributed by atoms with Crippen LogP contribution < -0.4 is 0 Å². The smallest absolute Gasteiger partial charge is 0.136 e. The van der Waals surface area contributed by atoms with Gasteiger partial charge in [0, 0.05) is 12.3 Å². The fourth-order valence-electron chi connectivity index (χ4n) is 9.23. The maximum absolute atomic E-state index is 13.3. The molecule has 5 nitrogen and oxygen atoms in total. The molecule has 5 heteroatoms. The molecule has 4 aliphatic carbocycles. The maximum Gasteiger partial charge on any atom is 0.136 e. The number of carbonyl (C=O) groups excluding carboxylic acids is 1. The monoisotopic (exact) mass is 464 g/mol. The molecule has 0 heterocycles. The lowest BCUT2D eigenvalue weighted by molar-refractivity contribution is -0.175. The van der Waals surface area contributed by atoms with Crippen LogP contribution in [0.5, 0.6) is 0 Å². The molecule has 0 aromatic heterocycles. The van der Waals surface area contributed by atoms with Gasteiger partial charge in [-0.2, -0.15) is 0 Å². The first kappa shape index (κ1) is 25.6. The van der Waals surface area contributed by atoms with Crippen LogP contribution in [-0.4, -0.2) is 50.6 Å². The second-order valence-corrected chi connectivity index (χ2v) is 13.4. The fourth-order valence-corrected chi connectivity index (χ4v) is 9.23. The molecule has 190 valence electrons. The third kappa shape index (κ3) is 3.93. The van der Waals surface area contributed by atoms with Gasteiger partial charge in [-0.3, -0.25) is 4.79 Å². The quantitative estimate of drug-likeness (QED) is 0.496. The normalized spacial score (nSPS) is 49.1. The summed E-state index contributed by atoms with van der Waals surface area (Å²) in [7, 11) is 0. The number of fused-ring (bicyclic) bond motifs is 5. The molecule has 4 fully saturated rings. The molecular formula is C28H48O5. The molecule has 4 aliphatic rings. The number of carbonyl (C=O) groups is 1. The summed E-state index contributed by atoms with van der Waals surface area (Å²) in [5.41, 5.74) is -0.162. The van der Waals surface area contributed by atoms with Crippen LogP contribution in [0.15, 0.2) is 0 Å². The minimum atomic E-state index is -0.782. The molecule has 0 unspecified atom stereocenters. The van der Waals surface area contributed by atoms with E-state index in [0.717, 1.165) is 25.7 Å². The Labute approximate surface area is 200 Å². The van der Waals surface area contributed by atoms with E-state index >= 15 is 0 Å². The molecule has 0 radical (unpaired) electrons. The van der Waals surface area contributed by atoms with Crippen LogP contribution in [0.2, 0.25) is 0 Å². The maximum atomic E-state index is 13.3. The second-order valence-electron chi connectivity index (χ2n) is 13.4. The summed E-state index contributed by atoms with van der Waals surface area (Å²) in [5, 5.41) is 42.8. The zero-order valence-electron chi connectivity index (χ0n) is 21.6. The zero-order valence-corrected chi connectivity index (χ0v) is 21.6. The molecule has 13 atom stereocenters. The highest BCUT2D eigenvalue weighted by atomic mass is 16.3. The predicted molar refractivity (Wildman–Crippen MR) is 128 cm³/mol. The van der Waals surface area contributed by atoms with Gasteiger partial charge in [0.05, 0.1) is 24.4 Å². The highest BCUT2D eigenvalue weighted by molar-refractivity contribution is 5.83. The first-order valence-corrected chi connectivity index (χ1v) is 13.6. The number of Topliss-reactive ketones (excluding diaryl/α,β-unsaturated/α-hetero) is 1. The Kier molecular flexibility index (Phi) is 6.88. The standard InChI is InChI=1S/C28H48O5/c1-14(2)15(3)25(32)26(33)16(4)18-7-8-19-17-11-22(29)21-12-23(30)24(31)13-28(21,6)20(17)9-10-27(18,19)5/h14-21,23-26,30-33H,7-13H2,1-6H3/t15-,16+,17+,18-,19+,20+,21-,23-,24+,25+,26+,27-,28-/m1/s1. The summed E-state index contributed by atoms with van der Waals surface area (Å²) in [6, 6.07) is 0. The van der Waals surface area contributed by atoms with Crippen molar-refractivity contribution < 1.29 is 25.2 Å². The van der Waals surface area contributed by atoms with Crippen LogP contribution in [0.3, 0.4) is 0 Å². The van der Waals surface area contributed by atoms with Crippen LogP contribution in [0.4, 0.5) is 0 Å². The van der Waals surface area contributed by atoms with Gasteiger partial charge < -0.3 is 20.4 Å². The Morgan fingerprint density at radius 3 is 2.15 bits per heavy atom. The second kappa shape index (κ2) is 8.87.